The molecule has 0 fully saturated rings. The standard InChI is InChI=1S/C13H15N3OS2/c1-8-5-3-4-6-9(8)11-12(14)19-13(16-11)18-7-10(17)15-2/h3-6H,7,14H2,1-2H3,(H,15,17). The summed E-state index contributed by atoms with van der Waals surface area (Å²) in [4.78, 5) is 15.7. The number of thioether (sulfide) groups is 1. The molecule has 0 bridgehead atoms. The minimum atomic E-state index is -0.0174. The molecule has 3 N–H and O–H groups in total. The SMILES string of the molecule is CNC(=O)CSc1nc(-c2ccccc2C)c(N)s1. The number of nitrogens with zero attached hydrogens (tertiary/aromatic N) is 1. The Balaban J connectivity index is 2.22. The van der Waals surface area contributed by atoms with Gasteiger partial charge in [-0.15, -0.1) is 0 Å². The number of aryl methyl sites for hydroxylation is 1. The quantitative estimate of drug-likeness (QED) is 0.850. The summed E-state index contributed by atoms with van der Waals surface area (Å²) >= 11 is 2.82. The first-order chi connectivity index (χ1) is 9.11. The van der Waals surface area contributed by atoms with Crippen LogP contribution in [-0.4, -0.2) is 23.7 Å². The maximum absolute atomic E-state index is 11.2. The molecule has 1 aromatic carbocycles. The number of aromatic nitrogens is 1. The lowest BCUT2D eigenvalue weighted by molar-refractivity contribution is -0.118. The highest BCUT2D eigenvalue weighted by Crippen LogP contribution is 2.36. The number of nitrogens with two attached hydrogens (primary N) is 1. The molecule has 19 heavy (non-hydrogen) atoms. The third-order valence-electron chi connectivity index (χ3n) is 2.64. The van der Waals surface area contributed by atoms with E-state index in [4.69, 9.17) is 5.73 Å². The minimum absolute atomic E-state index is 0.0174. The summed E-state index contributed by atoms with van der Waals surface area (Å²) in [6, 6.07) is 8.00. The summed E-state index contributed by atoms with van der Waals surface area (Å²) < 4.78 is 0.819. The highest BCUT2D eigenvalue weighted by atomic mass is 32.2. The van der Waals surface area contributed by atoms with Crippen molar-refractivity contribution in [2.75, 3.05) is 18.5 Å². The Hall–Kier alpha value is -1.53. The predicted molar refractivity (Wildman–Crippen MR) is 81.5 cm³/mol. The van der Waals surface area contributed by atoms with Crippen molar-refractivity contribution in [3.8, 4) is 11.3 Å². The number of anilines is 1. The average molecular weight is 293 g/mol. The Kier molecular flexibility index (Phi) is 4.44. The molecule has 2 rings (SSSR count). The molecular formula is C13H15N3OS2. The number of hydrogen-bond donors (Lipinski definition) is 2. The zero-order chi connectivity index (χ0) is 13.8. The Morgan fingerprint density at radius 3 is 2.89 bits per heavy atom. The van der Waals surface area contributed by atoms with Crippen LogP contribution in [0.5, 0.6) is 0 Å². The predicted octanol–water partition coefficient (Wildman–Crippen LogP) is 2.54. The molecule has 0 spiro atoms. The van der Waals surface area contributed by atoms with E-state index in [2.05, 4.69) is 10.3 Å². The lowest BCUT2D eigenvalue weighted by atomic mass is 10.1. The van der Waals surface area contributed by atoms with Crippen LogP contribution in [0.15, 0.2) is 28.6 Å². The number of benzene rings is 1. The van der Waals surface area contributed by atoms with Crippen molar-refractivity contribution >= 4 is 34.0 Å². The molecule has 4 nitrogen and oxygen atoms in total. The lowest BCUT2D eigenvalue weighted by Gasteiger charge is -2.02. The van der Waals surface area contributed by atoms with Crippen LogP contribution in [0.4, 0.5) is 5.00 Å². The van der Waals surface area contributed by atoms with Gasteiger partial charge in [-0.05, 0) is 12.5 Å². The van der Waals surface area contributed by atoms with E-state index in [0.717, 1.165) is 21.2 Å². The number of amides is 1. The summed E-state index contributed by atoms with van der Waals surface area (Å²) in [5.41, 5.74) is 9.02. The van der Waals surface area contributed by atoms with Gasteiger partial charge in [-0.3, -0.25) is 4.79 Å². The number of nitrogens with one attached hydrogen (secondary N) is 1. The number of rotatable bonds is 4. The van der Waals surface area contributed by atoms with Gasteiger partial charge >= 0.3 is 0 Å². The molecule has 1 amide bonds. The van der Waals surface area contributed by atoms with Crippen molar-refractivity contribution in [3.63, 3.8) is 0 Å². The first kappa shape index (κ1) is 13.9. The van der Waals surface area contributed by atoms with Crippen LogP contribution in [-0.2, 0) is 4.79 Å². The molecule has 100 valence electrons. The zero-order valence-corrected chi connectivity index (χ0v) is 12.4. The van der Waals surface area contributed by atoms with Gasteiger partial charge in [0.1, 0.15) is 10.7 Å². The summed E-state index contributed by atoms with van der Waals surface area (Å²) in [6.07, 6.45) is 0. The fourth-order valence-electron chi connectivity index (χ4n) is 1.60. The average Bonchev–Trinajstić information content (AvgIpc) is 2.77. The number of nitrogen functional groups attached to an aromatic ring is 1. The lowest BCUT2D eigenvalue weighted by Crippen LogP contribution is -2.19. The highest BCUT2D eigenvalue weighted by molar-refractivity contribution is 8.01. The molecule has 0 saturated carbocycles. The first-order valence-electron chi connectivity index (χ1n) is 5.77. The maximum Gasteiger partial charge on any atom is 0.230 e. The van der Waals surface area contributed by atoms with Crippen LogP contribution in [0.2, 0.25) is 0 Å². The molecule has 1 aromatic heterocycles. The van der Waals surface area contributed by atoms with E-state index in [1.807, 2.05) is 31.2 Å². The van der Waals surface area contributed by atoms with Crippen LogP contribution < -0.4 is 11.1 Å². The Morgan fingerprint density at radius 2 is 2.21 bits per heavy atom. The summed E-state index contributed by atoms with van der Waals surface area (Å²) in [6.45, 7) is 2.03. The smallest absolute Gasteiger partial charge is 0.230 e. The van der Waals surface area contributed by atoms with E-state index in [1.165, 1.54) is 23.1 Å². The third kappa shape index (κ3) is 3.27. The van der Waals surface area contributed by atoms with Crippen LogP contribution in [0.25, 0.3) is 11.3 Å². The van der Waals surface area contributed by atoms with E-state index < -0.39 is 0 Å². The van der Waals surface area contributed by atoms with Gasteiger partial charge in [-0.1, -0.05) is 47.4 Å². The number of carbonyl (C=O) groups excluding carboxylic acids is 1. The van der Waals surface area contributed by atoms with Crippen LogP contribution in [0.1, 0.15) is 5.56 Å². The number of thiazole rings is 1. The van der Waals surface area contributed by atoms with Gasteiger partial charge in [0, 0.05) is 12.6 Å². The molecule has 1 heterocycles. The van der Waals surface area contributed by atoms with Crippen molar-refractivity contribution in [2.24, 2.45) is 0 Å². The van der Waals surface area contributed by atoms with Gasteiger partial charge in [-0.25, -0.2) is 4.98 Å². The van der Waals surface area contributed by atoms with Gasteiger partial charge in [-0.2, -0.15) is 0 Å². The third-order valence-corrected chi connectivity index (χ3v) is 4.67. The van der Waals surface area contributed by atoms with Gasteiger partial charge in [0.15, 0.2) is 4.34 Å². The van der Waals surface area contributed by atoms with Gasteiger partial charge in [0.25, 0.3) is 0 Å². The second kappa shape index (κ2) is 6.08. The molecule has 0 aliphatic carbocycles. The van der Waals surface area contributed by atoms with Crippen molar-refractivity contribution in [2.45, 2.75) is 11.3 Å². The van der Waals surface area contributed by atoms with Gasteiger partial charge < -0.3 is 11.1 Å². The molecule has 2 aromatic rings. The fourth-order valence-corrected chi connectivity index (χ4v) is 3.42. The van der Waals surface area contributed by atoms with Gasteiger partial charge in [0.05, 0.1) is 5.75 Å². The molecular weight excluding hydrogens is 278 g/mol. The Labute approximate surface area is 120 Å². The van der Waals surface area contributed by atoms with E-state index in [0.29, 0.717) is 10.8 Å². The summed E-state index contributed by atoms with van der Waals surface area (Å²) in [5.74, 6) is 0.340. The molecule has 0 unspecified atom stereocenters. The van der Waals surface area contributed by atoms with Crippen LogP contribution in [0.3, 0.4) is 0 Å². The monoisotopic (exact) mass is 293 g/mol. The maximum atomic E-state index is 11.2. The van der Waals surface area contributed by atoms with E-state index in [9.17, 15) is 4.79 Å². The molecule has 0 aliphatic heterocycles. The van der Waals surface area contributed by atoms with Crippen LogP contribution >= 0.6 is 23.1 Å². The summed E-state index contributed by atoms with van der Waals surface area (Å²) in [7, 11) is 1.62. The van der Waals surface area contributed by atoms with Crippen molar-refractivity contribution in [1.29, 1.82) is 0 Å². The Morgan fingerprint density at radius 1 is 1.47 bits per heavy atom. The van der Waals surface area contributed by atoms with Crippen molar-refractivity contribution in [3.05, 3.63) is 29.8 Å². The number of hydrogen-bond acceptors (Lipinski definition) is 5. The highest BCUT2D eigenvalue weighted by Gasteiger charge is 2.13. The fraction of sp³-hybridized carbons (Fsp3) is 0.231. The molecule has 0 aliphatic rings. The largest absolute Gasteiger partial charge is 0.389 e. The second-order valence-electron chi connectivity index (χ2n) is 3.97. The topological polar surface area (TPSA) is 68.0 Å². The van der Waals surface area contributed by atoms with Crippen molar-refractivity contribution in [1.82, 2.24) is 10.3 Å². The van der Waals surface area contributed by atoms with E-state index in [-0.39, 0.29) is 5.91 Å². The van der Waals surface area contributed by atoms with Gasteiger partial charge in [0.2, 0.25) is 5.91 Å². The molecule has 0 atom stereocenters. The number of carbonyl (C=O) groups is 1. The molecule has 0 saturated heterocycles. The first-order valence-corrected chi connectivity index (χ1v) is 7.57. The Bertz CT molecular complexity index is 595. The summed E-state index contributed by atoms with van der Waals surface area (Å²) in [5, 5.41) is 3.27. The van der Waals surface area contributed by atoms with Crippen molar-refractivity contribution < 1.29 is 4.79 Å². The second-order valence-corrected chi connectivity index (χ2v) is 6.22. The van der Waals surface area contributed by atoms with Crippen LogP contribution in [0, 0.1) is 6.92 Å². The molecule has 6 heteroatoms. The van der Waals surface area contributed by atoms with E-state index >= 15 is 0 Å². The zero-order valence-electron chi connectivity index (χ0n) is 10.8. The van der Waals surface area contributed by atoms with E-state index in [1.54, 1.807) is 7.05 Å². The minimum Gasteiger partial charge on any atom is -0.389 e. The normalized spacial score (nSPS) is 10.4. The molecule has 0 radical (unpaired) electrons.